The third-order valence-electron chi connectivity index (χ3n) is 1.02. The number of allylic oxidation sites excluding steroid dienone is 4. The minimum atomic E-state index is 0.355. The van der Waals surface area contributed by atoms with E-state index in [2.05, 4.69) is 6.58 Å². The van der Waals surface area contributed by atoms with Gasteiger partial charge in [-0.25, -0.2) is 0 Å². The molecule has 0 aliphatic carbocycles. The van der Waals surface area contributed by atoms with Crippen LogP contribution < -0.4 is 5.73 Å². The lowest BCUT2D eigenvalue weighted by Crippen LogP contribution is -2.26. The molecule has 0 atom stereocenters. The van der Waals surface area contributed by atoms with Crippen LogP contribution in [-0.4, -0.2) is 17.1 Å². The summed E-state index contributed by atoms with van der Waals surface area (Å²) in [6.07, 6.45) is 8.99. The van der Waals surface area contributed by atoms with E-state index in [0.717, 1.165) is 0 Å². The molecule has 0 fully saturated rings. The highest BCUT2D eigenvalue weighted by atomic mass is 32.1. The molecule has 0 spiro atoms. The van der Waals surface area contributed by atoms with Gasteiger partial charge in [-0.3, -0.25) is 0 Å². The smallest absolute Gasteiger partial charge is 0.170 e. The lowest BCUT2D eigenvalue weighted by atomic mass is 10.4. The lowest BCUT2D eigenvalue weighted by molar-refractivity contribution is 0.694. The third kappa shape index (κ3) is 5.36. The highest BCUT2D eigenvalue weighted by molar-refractivity contribution is 7.80. The van der Waals surface area contributed by atoms with Crippen LogP contribution in [0.25, 0.3) is 0 Å². The Hall–Kier alpha value is -1.09. The number of nitrogens with zero attached hydrogens (tertiary/aromatic N) is 1. The molecule has 2 nitrogen and oxygen atoms in total. The van der Waals surface area contributed by atoms with Crippen molar-refractivity contribution in [2.75, 3.05) is 7.05 Å². The molecule has 3 heteroatoms. The molecule has 11 heavy (non-hydrogen) atoms. The largest absolute Gasteiger partial charge is 0.376 e. The van der Waals surface area contributed by atoms with E-state index in [-0.39, 0.29) is 0 Å². The molecule has 0 rings (SSSR count). The minimum Gasteiger partial charge on any atom is -0.376 e. The maximum atomic E-state index is 5.31. The Morgan fingerprint density at radius 3 is 2.55 bits per heavy atom. The van der Waals surface area contributed by atoms with Gasteiger partial charge in [-0.2, -0.15) is 0 Å². The number of thiocarbonyl (C=S) groups is 1. The first kappa shape index (κ1) is 9.91. The molecule has 0 amide bonds. The van der Waals surface area contributed by atoms with Crippen molar-refractivity contribution in [2.45, 2.75) is 0 Å². The van der Waals surface area contributed by atoms with Crippen LogP contribution in [0.2, 0.25) is 0 Å². The summed E-state index contributed by atoms with van der Waals surface area (Å²) in [5.74, 6) is 0. The van der Waals surface area contributed by atoms with E-state index in [4.69, 9.17) is 18.0 Å². The second kappa shape index (κ2) is 5.68. The Labute approximate surface area is 72.7 Å². The summed E-state index contributed by atoms with van der Waals surface area (Å²) in [6.45, 7) is 3.53. The van der Waals surface area contributed by atoms with Crippen LogP contribution in [0.15, 0.2) is 37.1 Å². The van der Waals surface area contributed by atoms with Crippen LogP contribution in [0, 0.1) is 0 Å². The summed E-state index contributed by atoms with van der Waals surface area (Å²) < 4.78 is 0. The predicted octanol–water partition coefficient (Wildman–Crippen LogP) is 1.42. The van der Waals surface area contributed by atoms with E-state index >= 15 is 0 Å². The lowest BCUT2D eigenvalue weighted by Gasteiger charge is -2.08. The van der Waals surface area contributed by atoms with Crippen LogP contribution in [0.1, 0.15) is 0 Å². The average molecular weight is 168 g/mol. The van der Waals surface area contributed by atoms with Crippen LogP contribution >= 0.6 is 12.2 Å². The van der Waals surface area contributed by atoms with E-state index in [1.165, 1.54) is 0 Å². The number of rotatable bonds is 3. The zero-order valence-electron chi connectivity index (χ0n) is 6.53. The first-order chi connectivity index (χ1) is 5.18. The van der Waals surface area contributed by atoms with E-state index in [1.807, 2.05) is 18.2 Å². The summed E-state index contributed by atoms with van der Waals surface area (Å²) in [6, 6.07) is 0. The van der Waals surface area contributed by atoms with Gasteiger partial charge in [0.15, 0.2) is 5.11 Å². The van der Waals surface area contributed by atoms with Crippen LogP contribution in [-0.2, 0) is 0 Å². The average Bonchev–Trinajstić information content (AvgIpc) is 1.97. The number of nitrogens with two attached hydrogens (primary N) is 1. The molecule has 0 bridgehead atoms. The van der Waals surface area contributed by atoms with Gasteiger partial charge < -0.3 is 10.6 Å². The fourth-order valence-corrected chi connectivity index (χ4v) is 0.456. The van der Waals surface area contributed by atoms with Gasteiger partial charge in [-0.05, 0) is 18.3 Å². The van der Waals surface area contributed by atoms with Gasteiger partial charge in [0.05, 0.1) is 0 Å². The molecule has 0 saturated carbocycles. The summed E-state index contributed by atoms with van der Waals surface area (Å²) in [5.41, 5.74) is 5.31. The van der Waals surface area contributed by atoms with E-state index < -0.39 is 0 Å². The molecule has 0 saturated heterocycles. The zero-order valence-corrected chi connectivity index (χ0v) is 7.34. The van der Waals surface area contributed by atoms with Gasteiger partial charge in [0.2, 0.25) is 0 Å². The molecule has 2 N–H and O–H groups in total. The molecule has 0 aliphatic rings. The summed E-state index contributed by atoms with van der Waals surface area (Å²) in [5, 5.41) is 0.355. The van der Waals surface area contributed by atoms with Gasteiger partial charge in [-0.1, -0.05) is 24.8 Å². The Balaban J connectivity index is 3.82. The van der Waals surface area contributed by atoms with Crippen molar-refractivity contribution in [3.05, 3.63) is 37.1 Å². The number of hydrogen-bond donors (Lipinski definition) is 1. The maximum absolute atomic E-state index is 5.31. The van der Waals surface area contributed by atoms with Crippen molar-refractivity contribution in [3.8, 4) is 0 Å². The minimum absolute atomic E-state index is 0.355. The quantitative estimate of drug-likeness (QED) is 0.510. The normalized spacial score (nSPS) is 10.6. The Kier molecular flexibility index (Phi) is 5.11. The molecular weight excluding hydrogens is 156 g/mol. The van der Waals surface area contributed by atoms with Gasteiger partial charge in [-0.15, -0.1) is 0 Å². The van der Waals surface area contributed by atoms with E-state index in [0.29, 0.717) is 5.11 Å². The van der Waals surface area contributed by atoms with Crippen molar-refractivity contribution >= 4 is 17.3 Å². The van der Waals surface area contributed by atoms with Crippen molar-refractivity contribution in [1.29, 1.82) is 0 Å². The van der Waals surface area contributed by atoms with E-state index in [9.17, 15) is 0 Å². The van der Waals surface area contributed by atoms with Crippen LogP contribution in [0.4, 0.5) is 0 Å². The zero-order chi connectivity index (χ0) is 8.69. The van der Waals surface area contributed by atoms with Crippen molar-refractivity contribution < 1.29 is 0 Å². The van der Waals surface area contributed by atoms with Crippen molar-refractivity contribution in [1.82, 2.24) is 4.90 Å². The Morgan fingerprint density at radius 1 is 1.45 bits per heavy atom. The molecule has 0 unspecified atom stereocenters. The van der Waals surface area contributed by atoms with Gasteiger partial charge in [0.1, 0.15) is 0 Å². The molecule has 0 aromatic carbocycles. The molecular formula is C8H12N2S. The second-order valence-electron chi connectivity index (χ2n) is 1.91. The molecule has 0 aromatic heterocycles. The summed E-state index contributed by atoms with van der Waals surface area (Å²) in [4.78, 5) is 1.66. The standard InChI is InChI=1S/C8H12N2S/c1-3-4-5-6-7-10(2)8(9)11/h3-7H,1H2,2H3,(H2,9,11)/b5-4-,7-6+. The molecule has 60 valence electrons. The fourth-order valence-electron chi connectivity index (χ4n) is 0.395. The van der Waals surface area contributed by atoms with Crippen molar-refractivity contribution in [3.63, 3.8) is 0 Å². The first-order valence-electron chi connectivity index (χ1n) is 3.16. The first-order valence-corrected chi connectivity index (χ1v) is 3.57. The monoisotopic (exact) mass is 168 g/mol. The maximum Gasteiger partial charge on any atom is 0.170 e. The Morgan fingerprint density at radius 2 is 2.09 bits per heavy atom. The SMILES string of the molecule is C=C/C=C\C=C\N(C)C(N)=S. The van der Waals surface area contributed by atoms with Gasteiger partial charge in [0.25, 0.3) is 0 Å². The van der Waals surface area contributed by atoms with Crippen LogP contribution in [0.5, 0.6) is 0 Å². The highest BCUT2D eigenvalue weighted by Crippen LogP contribution is 1.85. The Bertz CT molecular complexity index is 194. The fraction of sp³-hybridized carbons (Fsp3) is 0.125. The van der Waals surface area contributed by atoms with Gasteiger partial charge in [0, 0.05) is 13.2 Å². The van der Waals surface area contributed by atoms with Gasteiger partial charge >= 0.3 is 0 Å². The molecule has 0 heterocycles. The number of hydrogen-bond acceptors (Lipinski definition) is 1. The second-order valence-corrected chi connectivity index (χ2v) is 2.33. The highest BCUT2D eigenvalue weighted by Gasteiger charge is 1.88. The topological polar surface area (TPSA) is 29.3 Å². The molecule has 0 aliphatic heterocycles. The van der Waals surface area contributed by atoms with E-state index in [1.54, 1.807) is 24.2 Å². The third-order valence-corrected chi connectivity index (χ3v) is 1.30. The summed E-state index contributed by atoms with van der Waals surface area (Å²) >= 11 is 4.70. The predicted molar refractivity (Wildman–Crippen MR) is 53.0 cm³/mol. The van der Waals surface area contributed by atoms with Crippen molar-refractivity contribution in [2.24, 2.45) is 5.73 Å². The molecule has 0 radical (unpaired) electrons. The van der Waals surface area contributed by atoms with Crippen LogP contribution in [0.3, 0.4) is 0 Å². The summed E-state index contributed by atoms with van der Waals surface area (Å²) in [7, 11) is 1.79. The molecule has 0 aromatic rings.